The Morgan fingerprint density at radius 2 is 1.45 bits per heavy atom. The van der Waals surface area contributed by atoms with Gasteiger partial charge in [0, 0.05) is 40.7 Å². The first kappa shape index (κ1) is 38.9. The molecule has 0 aliphatic carbocycles. The highest BCUT2D eigenvalue weighted by Crippen LogP contribution is 2.31. The predicted molar refractivity (Wildman–Crippen MR) is 198 cm³/mol. The second kappa shape index (κ2) is 18.4. The molecule has 2 aromatic carbocycles. The molecule has 0 fully saturated rings. The summed E-state index contributed by atoms with van der Waals surface area (Å²) in [4.78, 5) is 60.3. The number of nitrogens with one attached hydrogen (secondary N) is 1. The number of hydrogen-bond donors (Lipinski definition) is 3. The Morgan fingerprint density at radius 1 is 0.804 bits per heavy atom. The van der Waals surface area contributed by atoms with Crippen LogP contribution in [0, 0.1) is 5.92 Å². The lowest BCUT2D eigenvalue weighted by Crippen LogP contribution is -2.45. The Morgan fingerprint density at radius 3 is 2.04 bits per heavy atom. The third kappa shape index (κ3) is 11.8. The average Bonchev–Trinajstić information content (AvgIpc) is 3.62. The van der Waals surface area contributed by atoms with Gasteiger partial charge >= 0.3 is 11.9 Å². The maximum absolute atomic E-state index is 13.4. The second-order valence-corrected chi connectivity index (χ2v) is 14.8. The number of ketones is 1. The number of nitrogens with zero attached hydrogens (tertiary/aromatic N) is 2. The van der Waals surface area contributed by atoms with E-state index < -0.39 is 36.2 Å². The summed E-state index contributed by atoms with van der Waals surface area (Å²) in [5.41, 5.74) is 3.18. The number of aliphatic carboxylic acids is 2. The lowest BCUT2D eigenvalue weighted by atomic mass is 9.92. The number of carbonyl (C=O) groups excluding carboxylic acids is 2. The quantitative estimate of drug-likeness (QED) is 0.0647. The molecular formula is C40H47N3O7S. The van der Waals surface area contributed by atoms with Gasteiger partial charge in [-0.3, -0.25) is 14.4 Å². The summed E-state index contributed by atoms with van der Waals surface area (Å²) in [6.45, 7) is 9.05. The number of carboxylic acids is 2. The summed E-state index contributed by atoms with van der Waals surface area (Å²) in [5.74, 6) is -3.35. The van der Waals surface area contributed by atoms with Crippen molar-refractivity contribution >= 4 is 35.0 Å². The van der Waals surface area contributed by atoms with Crippen molar-refractivity contribution in [2.45, 2.75) is 90.5 Å². The summed E-state index contributed by atoms with van der Waals surface area (Å²) in [5, 5.41) is 21.0. The van der Waals surface area contributed by atoms with E-state index in [-0.39, 0.29) is 24.0 Å². The van der Waals surface area contributed by atoms with E-state index in [1.165, 1.54) is 37.0 Å². The van der Waals surface area contributed by atoms with Crippen molar-refractivity contribution in [3.63, 3.8) is 0 Å². The molecule has 11 heteroatoms. The van der Waals surface area contributed by atoms with Crippen molar-refractivity contribution in [3.8, 4) is 28.3 Å². The molecule has 2 atom stereocenters. The fourth-order valence-electron chi connectivity index (χ4n) is 5.48. The van der Waals surface area contributed by atoms with Crippen LogP contribution in [0.2, 0.25) is 0 Å². The molecule has 0 saturated carbocycles. The molecule has 0 spiro atoms. The Hall–Kier alpha value is -4.90. The van der Waals surface area contributed by atoms with Crippen LogP contribution >= 0.6 is 11.3 Å². The van der Waals surface area contributed by atoms with E-state index in [4.69, 9.17) is 9.84 Å². The molecule has 0 bridgehead atoms. The number of aromatic nitrogens is 2. The van der Waals surface area contributed by atoms with Gasteiger partial charge in [0.2, 0.25) is 5.91 Å². The van der Waals surface area contributed by atoms with Crippen LogP contribution in [0.25, 0.3) is 22.5 Å². The van der Waals surface area contributed by atoms with E-state index in [0.717, 1.165) is 39.3 Å². The first-order valence-electron chi connectivity index (χ1n) is 17.4. The van der Waals surface area contributed by atoms with Gasteiger partial charge in [-0.05, 0) is 53.6 Å². The monoisotopic (exact) mass is 713 g/mol. The van der Waals surface area contributed by atoms with E-state index in [0.29, 0.717) is 17.3 Å². The van der Waals surface area contributed by atoms with Gasteiger partial charge in [0.1, 0.15) is 11.8 Å². The van der Waals surface area contributed by atoms with Crippen molar-refractivity contribution in [2.75, 3.05) is 6.61 Å². The predicted octanol–water partition coefficient (Wildman–Crippen LogP) is 7.99. The van der Waals surface area contributed by atoms with Crippen molar-refractivity contribution in [1.29, 1.82) is 0 Å². The highest BCUT2D eigenvalue weighted by atomic mass is 32.1. The third-order valence-electron chi connectivity index (χ3n) is 8.47. The molecule has 10 nitrogen and oxygen atoms in total. The first-order chi connectivity index (χ1) is 24.3. The fraction of sp³-hybridized carbons (Fsp3) is 0.400. The van der Waals surface area contributed by atoms with Crippen molar-refractivity contribution in [3.05, 3.63) is 88.4 Å². The Bertz CT molecular complexity index is 1760. The lowest BCUT2D eigenvalue weighted by Gasteiger charge is -2.19. The van der Waals surface area contributed by atoms with Gasteiger partial charge in [0.15, 0.2) is 11.6 Å². The standard InChI is InChI=1S/C40H47N3O7S/c1-5-6-7-8-9-20-50-31-16-14-27(15-17-31)30-24-41-37(42-25-30)28-12-10-26(11-13-28)21-29(38(47)43-32(39(48)49)23-36(45)46)22-33(44)34-18-19-35(51-34)40(2,3)4/h10-19,24-25,29,32H,5-9,20-23H2,1-4H3,(H,43,47)(H,45,46)(H,48,49)/t29-,32+/m1/s1. The number of ether oxygens (including phenoxy) is 1. The topological polar surface area (TPSA) is 156 Å². The van der Waals surface area contributed by atoms with Crippen molar-refractivity contribution in [2.24, 2.45) is 5.92 Å². The van der Waals surface area contributed by atoms with E-state index in [9.17, 15) is 24.3 Å². The number of rotatable bonds is 19. The number of Topliss-reactive ketones (excluding diaryl/α,β-unsaturated/α-hetero) is 1. The van der Waals surface area contributed by atoms with E-state index >= 15 is 0 Å². The van der Waals surface area contributed by atoms with Crippen LogP contribution in [0.15, 0.2) is 73.1 Å². The molecule has 4 rings (SSSR count). The van der Waals surface area contributed by atoms with Crippen molar-refractivity contribution < 1.29 is 34.1 Å². The molecular weight excluding hydrogens is 667 g/mol. The maximum atomic E-state index is 13.4. The van der Waals surface area contributed by atoms with Crippen LogP contribution in [0.3, 0.4) is 0 Å². The zero-order valence-electron chi connectivity index (χ0n) is 29.7. The van der Waals surface area contributed by atoms with E-state index in [1.807, 2.05) is 75.4 Å². The molecule has 0 aliphatic rings. The van der Waals surface area contributed by atoms with Crippen LogP contribution in [-0.2, 0) is 26.2 Å². The van der Waals surface area contributed by atoms with Gasteiger partial charge in [-0.15, -0.1) is 11.3 Å². The molecule has 2 heterocycles. The highest BCUT2D eigenvalue weighted by Gasteiger charge is 2.30. The Labute approximate surface area is 303 Å². The molecule has 0 aliphatic heterocycles. The van der Waals surface area contributed by atoms with E-state index in [2.05, 4.69) is 22.2 Å². The fourth-order valence-corrected chi connectivity index (χ4v) is 6.49. The normalized spacial score (nSPS) is 12.5. The van der Waals surface area contributed by atoms with Gasteiger partial charge in [-0.2, -0.15) is 0 Å². The Kier molecular flexibility index (Phi) is 14.0. The summed E-state index contributed by atoms with van der Waals surface area (Å²) in [6.07, 6.45) is 8.64. The molecule has 3 N–H and O–H groups in total. The largest absolute Gasteiger partial charge is 0.494 e. The summed E-state index contributed by atoms with van der Waals surface area (Å²) < 4.78 is 5.88. The number of carboxylic acid groups (broad SMARTS) is 2. The smallest absolute Gasteiger partial charge is 0.326 e. The van der Waals surface area contributed by atoms with Gasteiger partial charge in [-0.25, -0.2) is 14.8 Å². The summed E-state index contributed by atoms with van der Waals surface area (Å²) >= 11 is 1.37. The van der Waals surface area contributed by atoms with E-state index in [1.54, 1.807) is 18.5 Å². The molecule has 0 unspecified atom stereocenters. The van der Waals surface area contributed by atoms with Gasteiger partial charge in [0.05, 0.1) is 17.9 Å². The van der Waals surface area contributed by atoms with Gasteiger partial charge in [0.25, 0.3) is 0 Å². The van der Waals surface area contributed by atoms with Gasteiger partial charge < -0.3 is 20.3 Å². The molecule has 0 saturated heterocycles. The summed E-state index contributed by atoms with van der Waals surface area (Å²) in [7, 11) is 0. The molecule has 2 aromatic heterocycles. The molecule has 1 amide bonds. The van der Waals surface area contributed by atoms with Crippen molar-refractivity contribution in [1.82, 2.24) is 15.3 Å². The second-order valence-electron chi connectivity index (χ2n) is 13.7. The Balaban J connectivity index is 1.43. The van der Waals surface area contributed by atoms with Crippen LogP contribution in [0.5, 0.6) is 5.75 Å². The minimum atomic E-state index is -1.62. The third-order valence-corrected chi connectivity index (χ3v) is 10.0. The highest BCUT2D eigenvalue weighted by molar-refractivity contribution is 7.14. The molecule has 51 heavy (non-hydrogen) atoms. The molecule has 270 valence electrons. The SMILES string of the molecule is CCCCCCCOc1ccc(-c2cnc(-c3ccc(C[C@H](CC(=O)c4ccc(C(C)(C)C)s4)C(=O)N[C@@H](CC(=O)O)C(=O)O)cc3)nc2)cc1. The first-order valence-corrected chi connectivity index (χ1v) is 18.2. The number of carbonyl (C=O) groups is 4. The van der Waals surface area contributed by atoms with Gasteiger partial charge in [-0.1, -0.05) is 89.8 Å². The number of unbranched alkanes of at least 4 members (excludes halogenated alkanes) is 4. The van der Waals surface area contributed by atoms with Crippen LogP contribution < -0.4 is 10.1 Å². The van der Waals surface area contributed by atoms with Crippen LogP contribution in [-0.4, -0.2) is 56.5 Å². The average molecular weight is 714 g/mol. The lowest BCUT2D eigenvalue weighted by molar-refractivity contribution is -0.147. The molecule has 4 aromatic rings. The maximum Gasteiger partial charge on any atom is 0.326 e. The van der Waals surface area contributed by atoms with Crippen LogP contribution in [0.1, 0.15) is 92.8 Å². The number of hydrogen-bond acceptors (Lipinski definition) is 8. The number of amides is 1. The summed E-state index contributed by atoms with van der Waals surface area (Å²) in [6, 6.07) is 17.2. The number of benzene rings is 2. The zero-order chi connectivity index (χ0) is 37.0. The molecule has 0 radical (unpaired) electrons. The minimum absolute atomic E-state index is 0.132. The number of thiophene rings is 1. The minimum Gasteiger partial charge on any atom is -0.494 e. The van der Waals surface area contributed by atoms with Crippen LogP contribution in [0.4, 0.5) is 0 Å². The zero-order valence-corrected chi connectivity index (χ0v) is 30.5.